The van der Waals surface area contributed by atoms with Gasteiger partial charge in [0.1, 0.15) is 0 Å². The highest BCUT2D eigenvalue weighted by molar-refractivity contribution is 6.35. The Hall–Kier alpha value is -2.57. The van der Waals surface area contributed by atoms with Crippen molar-refractivity contribution in [2.24, 2.45) is 22.4 Å². The first-order chi connectivity index (χ1) is 17.3. The van der Waals surface area contributed by atoms with E-state index in [-0.39, 0.29) is 23.0 Å². The number of rotatable bonds is 6. The maximum atomic E-state index is 14.3. The quantitative estimate of drug-likeness (QED) is 0.302. The fourth-order valence-electron chi connectivity index (χ4n) is 4.83. The van der Waals surface area contributed by atoms with E-state index in [1.807, 2.05) is 13.8 Å². The smallest absolute Gasteiger partial charge is 0.374 e. The van der Waals surface area contributed by atoms with Gasteiger partial charge in [0.25, 0.3) is 11.5 Å². The van der Waals surface area contributed by atoms with Gasteiger partial charge in [-0.25, -0.2) is 4.39 Å². The molecule has 3 atom stereocenters. The van der Waals surface area contributed by atoms with Crippen LogP contribution in [0.3, 0.4) is 0 Å². The molecule has 1 fully saturated rings. The number of nitriles is 1. The van der Waals surface area contributed by atoms with Gasteiger partial charge in [0.15, 0.2) is 5.82 Å². The van der Waals surface area contributed by atoms with Gasteiger partial charge in [0, 0.05) is 35.4 Å². The molecule has 0 spiro atoms. The summed E-state index contributed by atoms with van der Waals surface area (Å²) in [4.78, 5) is 18.0. The van der Waals surface area contributed by atoms with Gasteiger partial charge in [-0.15, -0.1) is 0 Å². The van der Waals surface area contributed by atoms with Crippen LogP contribution >= 0.6 is 23.2 Å². The molecule has 0 bridgehead atoms. The zero-order valence-corrected chi connectivity index (χ0v) is 21.7. The zero-order valence-electron chi connectivity index (χ0n) is 20.2. The highest BCUT2D eigenvalue weighted by Gasteiger charge is 2.62. The first-order valence-corrected chi connectivity index (χ1v) is 12.6. The maximum absolute atomic E-state index is 14.3. The average Bonchev–Trinajstić information content (AvgIpc) is 3.54. The molecule has 1 heterocycles. The SMILES string of the molecule is CC1=C(C(=O)NCC2(C(C)C#N)CC2)C=CC(C2=NOC(c3cc(Cl)c(F)c(Cl)c3)(C(F)(F)F)C2)CC1. The van der Waals surface area contributed by atoms with Gasteiger partial charge < -0.3 is 10.2 Å². The summed E-state index contributed by atoms with van der Waals surface area (Å²) in [5, 5.41) is 14.8. The maximum Gasteiger partial charge on any atom is 0.435 e. The van der Waals surface area contributed by atoms with Crippen molar-refractivity contribution in [3.8, 4) is 6.07 Å². The summed E-state index contributed by atoms with van der Waals surface area (Å²) < 4.78 is 56.8. The fraction of sp³-hybridized carbons (Fsp3) is 0.500. The average molecular weight is 558 g/mol. The molecule has 4 rings (SSSR count). The molecule has 1 aliphatic heterocycles. The van der Waals surface area contributed by atoms with E-state index in [0.717, 1.165) is 30.5 Å². The van der Waals surface area contributed by atoms with Gasteiger partial charge in [-0.3, -0.25) is 4.79 Å². The van der Waals surface area contributed by atoms with Crippen LogP contribution in [-0.2, 0) is 15.2 Å². The normalized spacial score (nSPS) is 25.6. The number of alkyl halides is 3. The molecule has 5 nitrogen and oxygen atoms in total. The third-order valence-corrected chi connectivity index (χ3v) is 8.27. The van der Waals surface area contributed by atoms with E-state index in [4.69, 9.17) is 28.0 Å². The third kappa shape index (κ3) is 5.10. The number of benzene rings is 1. The van der Waals surface area contributed by atoms with Crippen molar-refractivity contribution in [1.82, 2.24) is 5.32 Å². The van der Waals surface area contributed by atoms with Crippen LogP contribution in [0.5, 0.6) is 0 Å². The van der Waals surface area contributed by atoms with Crippen LogP contribution in [0.25, 0.3) is 0 Å². The summed E-state index contributed by atoms with van der Waals surface area (Å²) in [7, 11) is 0. The monoisotopic (exact) mass is 557 g/mol. The van der Waals surface area contributed by atoms with E-state index in [9.17, 15) is 27.6 Å². The molecule has 1 aromatic carbocycles. The second-order valence-electron chi connectivity index (χ2n) is 10.0. The van der Waals surface area contributed by atoms with Crippen molar-refractivity contribution < 1.29 is 27.2 Å². The molecule has 1 aromatic rings. The Labute approximate surface area is 222 Å². The van der Waals surface area contributed by atoms with Gasteiger partial charge in [0.2, 0.25) is 0 Å². The van der Waals surface area contributed by atoms with Crippen molar-refractivity contribution in [1.29, 1.82) is 5.26 Å². The van der Waals surface area contributed by atoms with Crippen molar-refractivity contribution in [3.05, 3.63) is 56.9 Å². The Bertz CT molecular complexity index is 1220. The lowest BCUT2D eigenvalue weighted by Crippen LogP contribution is -2.43. The van der Waals surface area contributed by atoms with E-state index in [1.165, 1.54) is 0 Å². The number of amides is 1. The number of carbonyl (C=O) groups is 1. The number of carbonyl (C=O) groups excluding carboxylic acids is 1. The van der Waals surface area contributed by atoms with Gasteiger partial charge in [-0.2, -0.15) is 18.4 Å². The number of hydrogen-bond donors (Lipinski definition) is 1. The van der Waals surface area contributed by atoms with E-state index >= 15 is 0 Å². The van der Waals surface area contributed by atoms with Gasteiger partial charge in [-0.1, -0.05) is 46.1 Å². The number of allylic oxidation sites excluding steroid dienone is 2. The molecule has 198 valence electrons. The standard InChI is InChI=1S/C26H25Cl2F4N3O2/c1-14-3-4-16(5-6-18(14)23(36)34-13-24(7-8-24)15(2)12-33)21-11-25(37-35-21,26(30,31)32)17-9-19(27)22(29)20(28)10-17/h5-6,9-10,15-16H,3-4,7-8,11,13H2,1-2H3,(H,34,36). The Kier molecular flexibility index (Phi) is 7.39. The fourth-order valence-corrected chi connectivity index (χ4v) is 5.32. The number of oxime groups is 1. The number of hydrogen-bond acceptors (Lipinski definition) is 4. The van der Waals surface area contributed by atoms with Crippen molar-refractivity contribution in [2.45, 2.75) is 57.7 Å². The Morgan fingerprint density at radius 2 is 1.97 bits per heavy atom. The molecule has 0 aromatic heterocycles. The summed E-state index contributed by atoms with van der Waals surface area (Å²) in [6.45, 7) is 4.05. The predicted octanol–water partition coefficient (Wildman–Crippen LogP) is 7.01. The van der Waals surface area contributed by atoms with Crippen LogP contribution in [0, 0.1) is 34.4 Å². The van der Waals surface area contributed by atoms with E-state index in [1.54, 1.807) is 12.2 Å². The van der Waals surface area contributed by atoms with Crippen LogP contribution in [0.4, 0.5) is 17.6 Å². The van der Waals surface area contributed by atoms with E-state index in [0.29, 0.717) is 25.0 Å². The van der Waals surface area contributed by atoms with E-state index < -0.39 is 45.5 Å². The van der Waals surface area contributed by atoms with Crippen LogP contribution in [0.1, 0.15) is 51.5 Å². The molecule has 1 N–H and O–H groups in total. The summed E-state index contributed by atoms with van der Waals surface area (Å²) in [5.74, 6) is -1.98. The molecular formula is C26H25Cl2F4N3O2. The highest BCUT2D eigenvalue weighted by Crippen LogP contribution is 2.52. The minimum atomic E-state index is -4.89. The molecule has 1 saturated carbocycles. The summed E-state index contributed by atoms with van der Waals surface area (Å²) in [6.07, 6.45) is 0.399. The second kappa shape index (κ2) is 9.95. The molecule has 0 saturated heterocycles. The van der Waals surface area contributed by atoms with Gasteiger partial charge in [-0.05, 0) is 51.7 Å². The molecule has 37 heavy (non-hydrogen) atoms. The molecule has 0 radical (unpaired) electrons. The van der Waals surface area contributed by atoms with Crippen molar-refractivity contribution in [2.75, 3.05) is 6.54 Å². The Balaban J connectivity index is 1.51. The molecule has 3 unspecified atom stereocenters. The van der Waals surface area contributed by atoms with E-state index in [2.05, 4.69) is 16.5 Å². The highest BCUT2D eigenvalue weighted by atomic mass is 35.5. The predicted molar refractivity (Wildman–Crippen MR) is 131 cm³/mol. The van der Waals surface area contributed by atoms with Crippen molar-refractivity contribution in [3.63, 3.8) is 0 Å². The van der Waals surface area contributed by atoms with Crippen LogP contribution in [0.2, 0.25) is 10.0 Å². The minimum absolute atomic E-state index is 0.152. The third-order valence-electron chi connectivity index (χ3n) is 7.72. The first kappa shape index (κ1) is 27.5. The molecule has 1 amide bonds. The van der Waals surface area contributed by atoms with Gasteiger partial charge >= 0.3 is 6.18 Å². The summed E-state index contributed by atoms with van der Waals surface area (Å²) in [5.41, 5.74) is -2.10. The van der Waals surface area contributed by atoms with Crippen molar-refractivity contribution >= 4 is 34.8 Å². The first-order valence-electron chi connectivity index (χ1n) is 11.9. The van der Waals surface area contributed by atoms with Crippen LogP contribution < -0.4 is 5.32 Å². The topological polar surface area (TPSA) is 74.5 Å². The lowest BCUT2D eigenvalue weighted by molar-refractivity contribution is -0.275. The number of halogens is 6. The lowest BCUT2D eigenvalue weighted by Gasteiger charge is -2.30. The minimum Gasteiger partial charge on any atom is -0.374 e. The molecule has 2 aliphatic carbocycles. The number of nitrogens with zero attached hydrogens (tertiary/aromatic N) is 2. The van der Waals surface area contributed by atoms with Crippen LogP contribution in [-0.4, -0.2) is 24.3 Å². The number of nitrogens with one attached hydrogen (secondary N) is 1. The summed E-state index contributed by atoms with van der Waals surface area (Å²) >= 11 is 11.5. The zero-order chi connectivity index (χ0) is 27.2. The lowest BCUT2D eigenvalue weighted by atomic mass is 9.83. The second-order valence-corrected chi connectivity index (χ2v) is 10.8. The Morgan fingerprint density at radius 3 is 2.54 bits per heavy atom. The molecular weight excluding hydrogens is 533 g/mol. The summed E-state index contributed by atoms with van der Waals surface area (Å²) in [6, 6.07) is 3.95. The molecule has 3 aliphatic rings. The van der Waals surface area contributed by atoms with Crippen LogP contribution in [0.15, 0.2) is 40.6 Å². The molecule has 11 heteroatoms. The van der Waals surface area contributed by atoms with Gasteiger partial charge in [0.05, 0.1) is 27.7 Å². The Morgan fingerprint density at radius 1 is 1.32 bits per heavy atom. The largest absolute Gasteiger partial charge is 0.435 e.